The van der Waals surface area contributed by atoms with Crippen molar-refractivity contribution >= 4 is 0 Å². The van der Waals surface area contributed by atoms with Crippen LogP contribution in [0.1, 0.15) is 6.93 Å². The summed E-state index contributed by atoms with van der Waals surface area (Å²) in [5.74, 6) is -0.285. The topological polar surface area (TPSA) is 0 Å². The number of aryl methyl sites for hydroxylation is 1. The molecular formula is C7H7F. The molecule has 0 atom stereocenters. The molecule has 0 amide bonds. The lowest BCUT2D eigenvalue weighted by Crippen LogP contribution is -1.76. The Bertz CT molecular complexity index is 198. The molecule has 0 radical (unpaired) electrons. The number of rotatable bonds is 0. The molecule has 0 fully saturated rings. The molecule has 0 aliphatic rings. The minimum absolute atomic E-state index is 0.0205. The molecule has 0 saturated carbocycles. The number of benzene rings is 1. The molecule has 0 aliphatic heterocycles. The van der Waals surface area contributed by atoms with Crippen molar-refractivity contribution in [1.82, 2.24) is 0 Å². The Kier molecular flexibility index (Phi) is 0.992. The fraction of sp³-hybridized carbons (Fsp3) is 0.143. The van der Waals surface area contributed by atoms with E-state index in [1.807, 2.05) is 0 Å². The second-order valence-electron chi connectivity index (χ2n) is 1.59. The fourth-order valence-corrected chi connectivity index (χ4v) is 0.498. The van der Waals surface area contributed by atoms with Crippen molar-refractivity contribution in [3.05, 3.63) is 35.6 Å². The number of hydrogen-bond donors (Lipinski definition) is 0. The highest BCUT2D eigenvalue weighted by molar-refractivity contribution is 5.14. The summed E-state index contributed by atoms with van der Waals surface area (Å²) in [5, 5.41) is 0. The van der Waals surface area contributed by atoms with Gasteiger partial charge in [0.05, 0.1) is 0 Å². The van der Waals surface area contributed by atoms with E-state index in [1.165, 1.54) is 6.07 Å². The van der Waals surface area contributed by atoms with Crippen molar-refractivity contribution in [3.8, 4) is 0 Å². The van der Waals surface area contributed by atoms with Crippen LogP contribution in [0.25, 0.3) is 0 Å². The Morgan fingerprint density at radius 2 is 2.25 bits per heavy atom. The first-order valence-electron chi connectivity index (χ1n) is 3.08. The van der Waals surface area contributed by atoms with Gasteiger partial charge in [-0.1, -0.05) is 18.2 Å². The van der Waals surface area contributed by atoms with E-state index in [0.717, 1.165) is 0 Å². The van der Waals surface area contributed by atoms with Gasteiger partial charge in [0.25, 0.3) is 0 Å². The standard InChI is InChI=1S/C7H7F/c1-6-4-2-3-5-7(6)8/h2-5H,1H3/i1D. The third-order valence-electron chi connectivity index (χ3n) is 0.958. The Balaban J connectivity index is 3.01. The van der Waals surface area contributed by atoms with E-state index in [9.17, 15) is 4.39 Å². The molecule has 0 bridgehead atoms. The molecule has 1 rings (SSSR count). The molecule has 0 aromatic heterocycles. The van der Waals surface area contributed by atoms with E-state index < -0.39 is 0 Å². The zero-order valence-electron chi connectivity index (χ0n) is 5.39. The van der Waals surface area contributed by atoms with Gasteiger partial charge in [-0.05, 0) is 18.5 Å². The molecule has 1 aromatic rings. The van der Waals surface area contributed by atoms with E-state index in [1.54, 1.807) is 18.2 Å². The minimum Gasteiger partial charge on any atom is -0.207 e. The highest BCUT2D eigenvalue weighted by atomic mass is 19.1. The van der Waals surface area contributed by atoms with Crippen LogP contribution in [-0.4, -0.2) is 0 Å². The zero-order valence-corrected chi connectivity index (χ0v) is 4.39. The maximum absolute atomic E-state index is 12.5. The predicted octanol–water partition coefficient (Wildman–Crippen LogP) is 2.13. The second kappa shape index (κ2) is 1.95. The summed E-state index contributed by atoms with van der Waals surface area (Å²) < 4.78 is 19.3. The first kappa shape index (κ1) is 4.07. The third kappa shape index (κ3) is 0.861. The maximum atomic E-state index is 12.5. The first-order valence-corrected chi connectivity index (χ1v) is 2.37. The third-order valence-corrected chi connectivity index (χ3v) is 0.958. The quantitative estimate of drug-likeness (QED) is 0.481. The summed E-state index contributed by atoms with van der Waals surface area (Å²) in [4.78, 5) is 0. The van der Waals surface area contributed by atoms with Gasteiger partial charge in [-0.2, -0.15) is 0 Å². The highest BCUT2D eigenvalue weighted by Crippen LogP contribution is 2.01. The van der Waals surface area contributed by atoms with E-state index >= 15 is 0 Å². The van der Waals surface area contributed by atoms with Crippen LogP contribution in [0.2, 0.25) is 0 Å². The van der Waals surface area contributed by atoms with Crippen molar-refractivity contribution in [1.29, 1.82) is 0 Å². The molecular weight excluding hydrogens is 103 g/mol. The van der Waals surface area contributed by atoms with Crippen LogP contribution in [0, 0.1) is 12.7 Å². The van der Waals surface area contributed by atoms with Crippen LogP contribution < -0.4 is 0 Å². The highest BCUT2D eigenvalue weighted by Gasteiger charge is 1.88. The fourth-order valence-electron chi connectivity index (χ4n) is 0.498. The molecule has 0 aliphatic carbocycles. The number of hydrogen-bond acceptors (Lipinski definition) is 0. The monoisotopic (exact) mass is 111 g/mol. The van der Waals surface area contributed by atoms with Gasteiger partial charge in [-0.25, -0.2) is 4.39 Å². The van der Waals surface area contributed by atoms with Gasteiger partial charge in [0.2, 0.25) is 0 Å². The van der Waals surface area contributed by atoms with Gasteiger partial charge >= 0.3 is 0 Å². The summed E-state index contributed by atoms with van der Waals surface area (Å²) in [5.41, 5.74) is 0.456. The van der Waals surface area contributed by atoms with Gasteiger partial charge in [0, 0.05) is 1.37 Å². The molecule has 0 nitrogen and oxygen atoms in total. The van der Waals surface area contributed by atoms with Crippen molar-refractivity contribution in [2.45, 2.75) is 6.90 Å². The molecule has 0 spiro atoms. The lowest BCUT2D eigenvalue weighted by molar-refractivity contribution is 0.618. The molecule has 0 unspecified atom stereocenters. The Morgan fingerprint density at radius 1 is 1.50 bits per heavy atom. The van der Waals surface area contributed by atoms with Crippen LogP contribution in [0.4, 0.5) is 4.39 Å². The van der Waals surface area contributed by atoms with Crippen LogP contribution in [0.3, 0.4) is 0 Å². The summed E-state index contributed by atoms with van der Waals surface area (Å²) >= 11 is 0. The average molecular weight is 111 g/mol. The van der Waals surface area contributed by atoms with Gasteiger partial charge < -0.3 is 0 Å². The summed E-state index contributed by atoms with van der Waals surface area (Å²) in [6, 6.07) is 6.33. The molecule has 0 saturated heterocycles. The molecule has 0 heterocycles. The van der Waals surface area contributed by atoms with Crippen molar-refractivity contribution < 1.29 is 5.76 Å². The second-order valence-corrected chi connectivity index (χ2v) is 1.59. The largest absolute Gasteiger partial charge is 0.207 e. The summed E-state index contributed by atoms with van der Waals surface area (Å²) in [6.07, 6.45) is 0. The zero-order chi connectivity index (χ0) is 6.69. The van der Waals surface area contributed by atoms with E-state index in [-0.39, 0.29) is 12.7 Å². The molecule has 8 heavy (non-hydrogen) atoms. The van der Waals surface area contributed by atoms with Crippen LogP contribution in [0.5, 0.6) is 0 Å². The van der Waals surface area contributed by atoms with Crippen molar-refractivity contribution in [3.63, 3.8) is 0 Å². The number of halogens is 1. The van der Waals surface area contributed by atoms with Gasteiger partial charge in [0.1, 0.15) is 5.82 Å². The van der Waals surface area contributed by atoms with Crippen LogP contribution in [-0.2, 0) is 0 Å². The van der Waals surface area contributed by atoms with Gasteiger partial charge in [-0.15, -0.1) is 0 Å². The summed E-state index contributed by atoms with van der Waals surface area (Å²) in [6.45, 7) is 0.0205. The van der Waals surface area contributed by atoms with Crippen molar-refractivity contribution in [2.75, 3.05) is 0 Å². The Morgan fingerprint density at radius 3 is 2.75 bits per heavy atom. The average Bonchev–Trinajstić information content (AvgIpc) is 1.89. The Hall–Kier alpha value is -0.850. The molecule has 1 heteroatoms. The molecule has 0 N–H and O–H groups in total. The SMILES string of the molecule is [2H]Cc1ccccc1F. The first-order chi connectivity index (χ1) is 4.34. The lowest BCUT2D eigenvalue weighted by atomic mass is 10.2. The molecule has 1 aromatic carbocycles. The lowest BCUT2D eigenvalue weighted by Gasteiger charge is -1.89. The molecule has 42 valence electrons. The van der Waals surface area contributed by atoms with E-state index in [4.69, 9.17) is 1.37 Å². The van der Waals surface area contributed by atoms with Crippen molar-refractivity contribution in [2.24, 2.45) is 0 Å². The van der Waals surface area contributed by atoms with Gasteiger partial charge in [-0.3, -0.25) is 0 Å². The smallest absolute Gasteiger partial charge is 0.126 e. The predicted molar refractivity (Wildman–Crippen MR) is 31.1 cm³/mol. The van der Waals surface area contributed by atoms with Crippen LogP contribution in [0.15, 0.2) is 24.3 Å². The maximum Gasteiger partial charge on any atom is 0.126 e. The minimum atomic E-state index is -0.285. The summed E-state index contributed by atoms with van der Waals surface area (Å²) in [7, 11) is 0. The van der Waals surface area contributed by atoms with E-state index in [0.29, 0.717) is 5.56 Å². The van der Waals surface area contributed by atoms with Crippen LogP contribution >= 0.6 is 0 Å². The van der Waals surface area contributed by atoms with Gasteiger partial charge in [0.15, 0.2) is 0 Å². The normalized spacial score (nSPS) is 10.9. The van der Waals surface area contributed by atoms with E-state index in [2.05, 4.69) is 0 Å². The Labute approximate surface area is 49.4 Å².